The number of rotatable bonds is 5. The summed E-state index contributed by atoms with van der Waals surface area (Å²) in [5.74, 6) is 0.596. The second-order valence-corrected chi connectivity index (χ2v) is 5.95. The molecule has 0 aliphatic carbocycles. The van der Waals surface area contributed by atoms with Gasteiger partial charge in [0.25, 0.3) is 0 Å². The molecule has 0 aliphatic heterocycles. The first-order chi connectivity index (χ1) is 8.34. The molecular weight excluding hydrogens is 246 g/mol. The molecule has 2 nitrogen and oxygen atoms in total. The largest absolute Gasteiger partial charge is 0.355 e. The van der Waals surface area contributed by atoms with Gasteiger partial charge in [0.15, 0.2) is 0 Å². The molecule has 0 spiro atoms. The molecule has 0 bridgehead atoms. The molecule has 0 aliphatic rings. The van der Waals surface area contributed by atoms with Crippen LogP contribution in [0.5, 0.6) is 0 Å². The molecule has 1 aromatic rings. The zero-order valence-corrected chi connectivity index (χ0v) is 12.4. The second-order valence-electron chi connectivity index (χ2n) is 5.68. The molecule has 3 heteroatoms. The number of benzene rings is 1. The van der Waals surface area contributed by atoms with E-state index in [9.17, 15) is 4.79 Å². The summed E-state index contributed by atoms with van der Waals surface area (Å²) in [4.78, 5) is 11.9. The predicted molar refractivity (Wildman–Crippen MR) is 77.1 cm³/mol. The summed E-state index contributed by atoms with van der Waals surface area (Å²) in [6.07, 6.45) is 0.436. The monoisotopic (exact) mass is 267 g/mol. The summed E-state index contributed by atoms with van der Waals surface area (Å²) in [6.45, 7) is 8.76. The van der Waals surface area contributed by atoms with E-state index in [1.54, 1.807) is 0 Å². The van der Waals surface area contributed by atoms with Crippen LogP contribution in [-0.2, 0) is 11.2 Å². The van der Waals surface area contributed by atoms with Crippen LogP contribution in [-0.4, -0.2) is 18.3 Å². The Morgan fingerprint density at radius 3 is 2.61 bits per heavy atom. The molecule has 100 valence electrons. The molecule has 0 atom stereocenters. The normalized spacial score (nSPS) is 11.4. The lowest BCUT2D eigenvalue weighted by Crippen LogP contribution is -2.35. The lowest BCUT2D eigenvalue weighted by Gasteiger charge is -2.21. The summed E-state index contributed by atoms with van der Waals surface area (Å²) in [5, 5.41) is 2.95. The lowest BCUT2D eigenvalue weighted by molar-refractivity contribution is -0.120. The summed E-state index contributed by atoms with van der Waals surface area (Å²) in [7, 11) is 0. The van der Waals surface area contributed by atoms with E-state index in [0.29, 0.717) is 18.8 Å². The maximum absolute atomic E-state index is 11.9. The van der Waals surface area contributed by atoms with Gasteiger partial charge in [-0.25, -0.2) is 0 Å². The number of carbonyl (C=O) groups excluding carboxylic acids is 1. The highest BCUT2D eigenvalue weighted by molar-refractivity contribution is 6.18. The zero-order valence-electron chi connectivity index (χ0n) is 11.6. The van der Waals surface area contributed by atoms with Gasteiger partial charge in [-0.1, -0.05) is 37.6 Å². The highest BCUT2D eigenvalue weighted by Gasteiger charge is 2.17. The molecule has 18 heavy (non-hydrogen) atoms. The second kappa shape index (κ2) is 6.24. The molecule has 0 aromatic heterocycles. The quantitative estimate of drug-likeness (QED) is 0.816. The summed E-state index contributed by atoms with van der Waals surface area (Å²) >= 11 is 5.83. The molecule has 1 aromatic carbocycles. The number of nitrogens with one attached hydrogen (secondary N) is 1. The first-order valence-electron chi connectivity index (χ1n) is 6.23. The minimum atomic E-state index is -0.0567. The summed E-state index contributed by atoms with van der Waals surface area (Å²) in [6, 6.07) is 6.19. The van der Waals surface area contributed by atoms with Crippen molar-refractivity contribution >= 4 is 17.5 Å². The number of halogens is 1. The number of alkyl halides is 1. The Bertz CT molecular complexity index is 427. The van der Waals surface area contributed by atoms with E-state index in [0.717, 1.165) is 11.1 Å². The molecule has 0 fully saturated rings. The number of carbonyl (C=O) groups is 1. The van der Waals surface area contributed by atoms with Gasteiger partial charge >= 0.3 is 0 Å². The Morgan fingerprint density at radius 2 is 2.00 bits per heavy atom. The number of hydrogen-bond acceptors (Lipinski definition) is 1. The van der Waals surface area contributed by atoms with Crippen LogP contribution in [0.3, 0.4) is 0 Å². The molecule has 0 saturated carbocycles. The van der Waals surface area contributed by atoms with Gasteiger partial charge in [-0.3, -0.25) is 4.79 Å². The molecule has 0 heterocycles. The van der Waals surface area contributed by atoms with Crippen molar-refractivity contribution < 1.29 is 4.79 Å². The minimum Gasteiger partial charge on any atom is -0.355 e. The third-order valence-corrected chi connectivity index (χ3v) is 3.71. The summed E-state index contributed by atoms with van der Waals surface area (Å²) < 4.78 is 0. The maximum Gasteiger partial charge on any atom is 0.224 e. The third-order valence-electron chi connectivity index (χ3n) is 2.98. The summed E-state index contributed by atoms with van der Waals surface area (Å²) in [5.41, 5.74) is 3.38. The average Bonchev–Trinajstić information content (AvgIpc) is 2.31. The zero-order chi connectivity index (χ0) is 13.8. The van der Waals surface area contributed by atoms with Gasteiger partial charge in [-0.2, -0.15) is 0 Å². The van der Waals surface area contributed by atoms with Crippen LogP contribution in [0.4, 0.5) is 0 Å². The van der Waals surface area contributed by atoms with Crippen molar-refractivity contribution in [3.05, 3.63) is 34.9 Å². The van der Waals surface area contributed by atoms with E-state index in [4.69, 9.17) is 11.6 Å². The highest BCUT2D eigenvalue weighted by atomic mass is 35.5. The average molecular weight is 268 g/mol. The fourth-order valence-corrected chi connectivity index (χ4v) is 1.71. The van der Waals surface area contributed by atoms with Gasteiger partial charge in [0.05, 0.1) is 6.42 Å². The van der Waals surface area contributed by atoms with Gasteiger partial charge in [-0.15, -0.1) is 11.6 Å². The van der Waals surface area contributed by atoms with Crippen molar-refractivity contribution in [3.8, 4) is 0 Å². The predicted octanol–water partition coefficient (Wildman–Crippen LogP) is 3.23. The molecule has 0 saturated heterocycles. The van der Waals surface area contributed by atoms with Crippen molar-refractivity contribution in [2.75, 3.05) is 12.4 Å². The highest BCUT2D eigenvalue weighted by Crippen LogP contribution is 2.15. The minimum absolute atomic E-state index is 0.0567. The molecule has 1 N–H and O–H groups in total. The Hall–Kier alpha value is -1.02. The van der Waals surface area contributed by atoms with Crippen LogP contribution in [0.1, 0.15) is 30.5 Å². The first kappa shape index (κ1) is 15.0. The van der Waals surface area contributed by atoms with Gasteiger partial charge < -0.3 is 5.32 Å². The fourth-order valence-electron chi connectivity index (χ4n) is 1.61. The molecule has 1 amide bonds. The standard InChI is InChI=1S/C15H22ClNO/c1-11-5-6-12(2)13(7-11)8-14(18)17-10-15(3,4)9-16/h5-7H,8-10H2,1-4H3,(H,17,18). The van der Waals surface area contributed by atoms with E-state index in [1.165, 1.54) is 5.56 Å². The maximum atomic E-state index is 11.9. The first-order valence-corrected chi connectivity index (χ1v) is 6.76. The van der Waals surface area contributed by atoms with Crippen LogP contribution in [0, 0.1) is 19.3 Å². The van der Waals surface area contributed by atoms with Crippen molar-refractivity contribution in [2.24, 2.45) is 5.41 Å². The number of hydrogen-bond donors (Lipinski definition) is 1. The van der Waals surface area contributed by atoms with Gasteiger partial charge in [0, 0.05) is 12.4 Å². The Labute approximate surface area is 115 Å². The van der Waals surface area contributed by atoms with Crippen molar-refractivity contribution in [1.29, 1.82) is 0 Å². The number of amides is 1. The van der Waals surface area contributed by atoms with E-state index < -0.39 is 0 Å². The van der Waals surface area contributed by atoms with E-state index in [2.05, 4.69) is 23.5 Å². The van der Waals surface area contributed by atoms with Gasteiger partial charge in [0.1, 0.15) is 0 Å². The van der Waals surface area contributed by atoms with Gasteiger partial charge in [0.2, 0.25) is 5.91 Å². The Morgan fingerprint density at radius 1 is 1.33 bits per heavy atom. The van der Waals surface area contributed by atoms with E-state index in [1.807, 2.05) is 27.7 Å². The van der Waals surface area contributed by atoms with Crippen molar-refractivity contribution in [1.82, 2.24) is 5.32 Å². The SMILES string of the molecule is Cc1ccc(C)c(CC(=O)NCC(C)(C)CCl)c1. The fraction of sp³-hybridized carbons (Fsp3) is 0.533. The number of aryl methyl sites for hydroxylation is 2. The molecule has 0 radical (unpaired) electrons. The molecule has 0 unspecified atom stereocenters. The molecule has 1 rings (SSSR count). The van der Waals surface area contributed by atoms with Crippen LogP contribution >= 0.6 is 11.6 Å². The van der Waals surface area contributed by atoms with E-state index in [-0.39, 0.29) is 11.3 Å². The van der Waals surface area contributed by atoms with Gasteiger partial charge in [-0.05, 0) is 30.4 Å². The van der Waals surface area contributed by atoms with Crippen LogP contribution < -0.4 is 5.32 Å². The van der Waals surface area contributed by atoms with Crippen LogP contribution in [0.25, 0.3) is 0 Å². The third kappa shape index (κ3) is 4.69. The van der Waals surface area contributed by atoms with E-state index >= 15 is 0 Å². The topological polar surface area (TPSA) is 29.1 Å². The van der Waals surface area contributed by atoms with Crippen molar-refractivity contribution in [3.63, 3.8) is 0 Å². The smallest absolute Gasteiger partial charge is 0.224 e. The lowest BCUT2D eigenvalue weighted by atomic mass is 9.96. The van der Waals surface area contributed by atoms with Crippen LogP contribution in [0.2, 0.25) is 0 Å². The van der Waals surface area contributed by atoms with Crippen molar-refractivity contribution in [2.45, 2.75) is 34.1 Å². The van der Waals surface area contributed by atoms with Crippen LogP contribution in [0.15, 0.2) is 18.2 Å². The Kier molecular flexibility index (Phi) is 5.21. The Balaban J connectivity index is 2.57. The molecular formula is C15H22ClNO.